The number of nitrogens with zero attached hydrogens (tertiary/aromatic N) is 3. The molecule has 0 radical (unpaired) electrons. The predicted molar refractivity (Wildman–Crippen MR) is 151 cm³/mol. The molecule has 6 heteroatoms. The maximum atomic E-state index is 13.9. The molecular formula is C31H26BrN3O2. The Morgan fingerprint density at radius 3 is 2.24 bits per heavy atom. The van der Waals surface area contributed by atoms with Gasteiger partial charge in [-0.25, -0.2) is 4.98 Å². The van der Waals surface area contributed by atoms with E-state index in [0.29, 0.717) is 34.5 Å². The third kappa shape index (κ3) is 5.11. The standard InChI is InChI=1S/C31H26BrN3O2/c1-21-12-18-26(19-13-21)35-29(33-28-11-7-6-10-27(28)31(35)37)22(2)34(20-23-8-4-3-5-9-23)30(36)24-14-16-25(32)17-15-24/h3-19,22H,20H2,1-2H3. The summed E-state index contributed by atoms with van der Waals surface area (Å²) in [5, 5.41) is 0.535. The Balaban J connectivity index is 1.69. The Bertz CT molecular complexity index is 1610. The van der Waals surface area contributed by atoms with Gasteiger partial charge >= 0.3 is 0 Å². The zero-order valence-corrected chi connectivity index (χ0v) is 22.2. The number of hydrogen-bond acceptors (Lipinski definition) is 3. The summed E-state index contributed by atoms with van der Waals surface area (Å²) in [6, 6.07) is 31.8. The number of rotatable bonds is 6. The van der Waals surface area contributed by atoms with Crippen molar-refractivity contribution in [2.24, 2.45) is 0 Å². The lowest BCUT2D eigenvalue weighted by Gasteiger charge is -2.31. The largest absolute Gasteiger partial charge is 0.324 e. The molecule has 0 aliphatic carbocycles. The molecule has 184 valence electrons. The number of para-hydroxylation sites is 1. The Morgan fingerprint density at radius 2 is 1.54 bits per heavy atom. The van der Waals surface area contributed by atoms with Gasteiger partial charge in [-0.05, 0) is 67.9 Å². The van der Waals surface area contributed by atoms with Gasteiger partial charge in [-0.15, -0.1) is 0 Å². The minimum atomic E-state index is -0.505. The van der Waals surface area contributed by atoms with Crippen LogP contribution in [0, 0.1) is 6.92 Å². The van der Waals surface area contributed by atoms with Crippen LogP contribution in [0.4, 0.5) is 0 Å². The molecule has 1 aromatic heterocycles. The quantitative estimate of drug-likeness (QED) is 0.231. The summed E-state index contributed by atoms with van der Waals surface area (Å²) in [6.07, 6.45) is 0. The highest BCUT2D eigenvalue weighted by Gasteiger charge is 2.28. The fourth-order valence-corrected chi connectivity index (χ4v) is 4.70. The molecule has 5 rings (SSSR count). The van der Waals surface area contributed by atoms with Gasteiger partial charge in [0.1, 0.15) is 5.82 Å². The summed E-state index contributed by atoms with van der Waals surface area (Å²) < 4.78 is 2.54. The van der Waals surface area contributed by atoms with Crippen LogP contribution in [0.1, 0.15) is 40.3 Å². The Kier molecular flexibility index (Phi) is 7.01. The number of halogens is 1. The van der Waals surface area contributed by atoms with E-state index in [4.69, 9.17) is 4.98 Å². The van der Waals surface area contributed by atoms with E-state index in [2.05, 4.69) is 15.9 Å². The van der Waals surface area contributed by atoms with Gasteiger partial charge in [0.2, 0.25) is 0 Å². The normalized spacial score (nSPS) is 11.9. The van der Waals surface area contributed by atoms with E-state index in [0.717, 1.165) is 15.6 Å². The van der Waals surface area contributed by atoms with Crippen molar-refractivity contribution in [3.05, 3.63) is 140 Å². The summed E-state index contributed by atoms with van der Waals surface area (Å²) in [5.41, 5.74) is 3.81. The molecule has 0 saturated carbocycles. The molecule has 0 saturated heterocycles. The van der Waals surface area contributed by atoms with Crippen LogP contribution in [0.15, 0.2) is 112 Å². The molecule has 0 aliphatic rings. The van der Waals surface area contributed by atoms with Crippen molar-refractivity contribution >= 4 is 32.7 Å². The van der Waals surface area contributed by atoms with Crippen molar-refractivity contribution < 1.29 is 4.79 Å². The van der Waals surface area contributed by atoms with Crippen LogP contribution in [-0.4, -0.2) is 20.4 Å². The van der Waals surface area contributed by atoms with Crippen LogP contribution in [0.3, 0.4) is 0 Å². The van der Waals surface area contributed by atoms with Crippen molar-refractivity contribution in [1.82, 2.24) is 14.5 Å². The zero-order chi connectivity index (χ0) is 25.9. The monoisotopic (exact) mass is 551 g/mol. The average Bonchev–Trinajstić information content (AvgIpc) is 2.92. The number of aryl methyl sites for hydroxylation is 1. The fourth-order valence-electron chi connectivity index (χ4n) is 4.44. The second-order valence-electron chi connectivity index (χ2n) is 9.06. The van der Waals surface area contributed by atoms with E-state index in [1.165, 1.54) is 0 Å². The van der Waals surface area contributed by atoms with E-state index in [1.54, 1.807) is 27.7 Å². The molecule has 0 spiro atoms. The molecule has 0 fully saturated rings. The molecule has 5 aromatic rings. The van der Waals surface area contributed by atoms with Gasteiger partial charge in [0.05, 0.1) is 22.6 Å². The van der Waals surface area contributed by atoms with E-state index in [9.17, 15) is 9.59 Å². The molecule has 0 aliphatic heterocycles. The van der Waals surface area contributed by atoms with Crippen molar-refractivity contribution in [2.45, 2.75) is 26.4 Å². The summed E-state index contributed by atoms with van der Waals surface area (Å²) in [4.78, 5) is 34.4. The molecule has 1 heterocycles. The highest BCUT2D eigenvalue weighted by Crippen LogP contribution is 2.27. The van der Waals surface area contributed by atoms with Crippen LogP contribution in [0.25, 0.3) is 16.6 Å². The van der Waals surface area contributed by atoms with Crippen molar-refractivity contribution in [2.75, 3.05) is 0 Å². The second kappa shape index (κ2) is 10.5. The third-order valence-corrected chi connectivity index (χ3v) is 7.01. The first kappa shape index (κ1) is 24.7. The number of carbonyl (C=O) groups is 1. The minimum absolute atomic E-state index is 0.137. The predicted octanol–water partition coefficient (Wildman–Crippen LogP) is 6.86. The SMILES string of the molecule is Cc1ccc(-n2c(C(C)N(Cc3ccccc3)C(=O)c3ccc(Br)cc3)nc3ccccc3c2=O)cc1. The van der Waals surface area contributed by atoms with Gasteiger partial charge in [0, 0.05) is 16.6 Å². The van der Waals surface area contributed by atoms with E-state index >= 15 is 0 Å². The van der Waals surface area contributed by atoms with Gasteiger partial charge in [0.25, 0.3) is 11.5 Å². The Morgan fingerprint density at radius 1 is 0.892 bits per heavy atom. The molecule has 37 heavy (non-hydrogen) atoms. The summed E-state index contributed by atoms with van der Waals surface area (Å²) >= 11 is 3.45. The highest BCUT2D eigenvalue weighted by molar-refractivity contribution is 9.10. The zero-order valence-electron chi connectivity index (χ0n) is 20.6. The Labute approximate surface area is 224 Å². The van der Waals surface area contributed by atoms with Gasteiger partial charge in [-0.3, -0.25) is 14.2 Å². The van der Waals surface area contributed by atoms with Gasteiger partial charge in [0.15, 0.2) is 0 Å². The van der Waals surface area contributed by atoms with Crippen LogP contribution >= 0.6 is 15.9 Å². The first-order chi connectivity index (χ1) is 17.9. The van der Waals surface area contributed by atoms with E-state index < -0.39 is 6.04 Å². The van der Waals surface area contributed by atoms with Crippen LogP contribution in [0.2, 0.25) is 0 Å². The van der Waals surface area contributed by atoms with Crippen molar-refractivity contribution in [3.63, 3.8) is 0 Å². The molecule has 5 nitrogen and oxygen atoms in total. The number of benzene rings is 4. The fraction of sp³-hybridized carbons (Fsp3) is 0.129. The van der Waals surface area contributed by atoms with E-state index in [1.807, 2.05) is 98.8 Å². The summed E-state index contributed by atoms with van der Waals surface area (Å²) in [7, 11) is 0. The van der Waals surface area contributed by atoms with Crippen LogP contribution < -0.4 is 5.56 Å². The minimum Gasteiger partial charge on any atom is -0.324 e. The molecule has 1 amide bonds. The summed E-state index contributed by atoms with van der Waals surface area (Å²) in [5.74, 6) is 0.371. The first-order valence-electron chi connectivity index (χ1n) is 12.1. The maximum Gasteiger partial charge on any atom is 0.266 e. The topological polar surface area (TPSA) is 55.2 Å². The molecule has 0 bridgehead atoms. The van der Waals surface area contributed by atoms with Gasteiger partial charge in [-0.1, -0.05) is 76.1 Å². The number of fused-ring (bicyclic) bond motifs is 1. The first-order valence-corrected chi connectivity index (χ1v) is 12.9. The van der Waals surface area contributed by atoms with E-state index in [-0.39, 0.29) is 11.5 Å². The van der Waals surface area contributed by atoms with Gasteiger partial charge in [-0.2, -0.15) is 0 Å². The maximum absolute atomic E-state index is 13.9. The molecule has 0 N–H and O–H groups in total. The lowest BCUT2D eigenvalue weighted by molar-refractivity contribution is 0.0664. The molecule has 4 aromatic carbocycles. The number of aromatic nitrogens is 2. The second-order valence-corrected chi connectivity index (χ2v) is 9.98. The number of hydrogen-bond donors (Lipinski definition) is 0. The lowest BCUT2D eigenvalue weighted by atomic mass is 10.1. The smallest absolute Gasteiger partial charge is 0.266 e. The van der Waals surface area contributed by atoms with Crippen molar-refractivity contribution in [3.8, 4) is 5.69 Å². The van der Waals surface area contributed by atoms with Crippen LogP contribution in [0.5, 0.6) is 0 Å². The lowest BCUT2D eigenvalue weighted by Crippen LogP contribution is -2.37. The number of amides is 1. The molecular weight excluding hydrogens is 526 g/mol. The molecule has 1 unspecified atom stereocenters. The van der Waals surface area contributed by atoms with Crippen LogP contribution in [-0.2, 0) is 6.54 Å². The van der Waals surface area contributed by atoms with Gasteiger partial charge < -0.3 is 4.90 Å². The Hall–Kier alpha value is -4.03. The average molecular weight is 552 g/mol. The summed E-state index contributed by atoms with van der Waals surface area (Å²) in [6.45, 7) is 4.31. The molecule has 1 atom stereocenters. The van der Waals surface area contributed by atoms with Crippen molar-refractivity contribution in [1.29, 1.82) is 0 Å². The number of carbonyl (C=O) groups excluding carboxylic acids is 1. The third-order valence-electron chi connectivity index (χ3n) is 6.48. The highest BCUT2D eigenvalue weighted by atomic mass is 79.9.